The Morgan fingerprint density at radius 2 is 2.08 bits per heavy atom. The summed E-state index contributed by atoms with van der Waals surface area (Å²) in [6.07, 6.45) is 3.79. The molecule has 1 aliphatic carbocycles. The summed E-state index contributed by atoms with van der Waals surface area (Å²) in [6.45, 7) is 7.82. The average Bonchev–Trinajstić information content (AvgIpc) is 2.98. The Kier molecular flexibility index (Phi) is 3.99. The second-order valence-electron chi connectivity index (χ2n) is 6.80. The molecule has 0 amide bonds. The summed E-state index contributed by atoms with van der Waals surface area (Å²) in [5, 5.41) is 0. The number of fused-ring (bicyclic) bond motifs is 1. The van der Waals surface area contributed by atoms with Gasteiger partial charge < -0.3 is 9.15 Å². The van der Waals surface area contributed by atoms with Gasteiger partial charge in [-0.1, -0.05) is 13.8 Å². The van der Waals surface area contributed by atoms with E-state index in [2.05, 4.69) is 9.97 Å². The first kappa shape index (κ1) is 16.4. The van der Waals surface area contributed by atoms with Crippen LogP contribution in [0.25, 0.3) is 11.3 Å². The fraction of sp³-hybridized carbons (Fsp3) is 0.444. The summed E-state index contributed by atoms with van der Waals surface area (Å²) in [7, 11) is 0. The van der Waals surface area contributed by atoms with Crippen LogP contribution >= 0.6 is 0 Å². The highest BCUT2D eigenvalue weighted by atomic mass is 16.5. The monoisotopic (exact) mass is 328 g/mol. The first-order valence-electron chi connectivity index (χ1n) is 7.96. The largest absolute Gasteiger partial charge is 0.462 e. The highest BCUT2D eigenvalue weighted by molar-refractivity contribution is 6.09. The normalized spacial score (nSPS) is 15.9. The van der Waals surface area contributed by atoms with Crippen LogP contribution in [0.2, 0.25) is 0 Å². The molecular formula is C18H20N2O4. The Morgan fingerprint density at radius 1 is 1.33 bits per heavy atom. The van der Waals surface area contributed by atoms with E-state index >= 15 is 0 Å². The minimum Gasteiger partial charge on any atom is -0.462 e. The lowest BCUT2D eigenvalue weighted by Gasteiger charge is -2.31. The number of carbonyl (C=O) groups excluding carboxylic acids is 2. The number of hydrogen-bond acceptors (Lipinski definition) is 6. The maximum absolute atomic E-state index is 12.8. The molecule has 0 saturated carbocycles. The maximum atomic E-state index is 12.8. The second kappa shape index (κ2) is 5.85. The third-order valence-electron chi connectivity index (χ3n) is 4.19. The Bertz CT molecular complexity index is 807. The number of carbonyl (C=O) groups is 2. The predicted octanol–water partition coefficient (Wildman–Crippen LogP) is 3.38. The molecule has 24 heavy (non-hydrogen) atoms. The van der Waals surface area contributed by atoms with Crippen LogP contribution in [0.15, 0.2) is 17.1 Å². The van der Waals surface area contributed by atoms with Gasteiger partial charge in [0.05, 0.1) is 23.6 Å². The van der Waals surface area contributed by atoms with Crippen LogP contribution in [-0.4, -0.2) is 28.3 Å². The minimum absolute atomic E-state index is 0.0303. The van der Waals surface area contributed by atoms with Crippen LogP contribution in [0.1, 0.15) is 59.3 Å². The molecule has 0 N–H and O–H groups in total. The van der Waals surface area contributed by atoms with Gasteiger partial charge in [0.25, 0.3) is 0 Å². The third-order valence-corrected chi connectivity index (χ3v) is 4.19. The Labute approximate surface area is 140 Å². The number of rotatable bonds is 3. The molecule has 0 aliphatic heterocycles. The van der Waals surface area contributed by atoms with Crippen molar-refractivity contribution < 1.29 is 18.7 Å². The van der Waals surface area contributed by atoms with Gasteiger partial charge in [-0.3, -0.25) is 9.78 Å². The quantitative estimate of drug-likeness (QED) is 0.803. The molecule has 0 aromatic carbocycles. The molecule has 0 bridgehead atoms. The number of hydrogen-bond donors (Lipinski definition) is 0. The molecule has 0 unspecified atom stereocenters. The average molecular weight is 328 g/mol. The summed E-state index contributed by atoms with van der Waals surface area (Å²) in [5.41, 5.74) is 2.78. The number of ether oxygens (including phenoxy) is 1. The number of ketones is 1. The zero-order valence-electron chi connectivity index (χ0n) is 14.3. The first-order chi connectivity index (χ1) is 11.3. The zero-order valence-corrected chi connectivity index (χ0v) is 14.3. The number of aromatic nitrogens is 2. The third kappa shape index (κ3) is 2.72. The van der Waals surface area contributed by atoms with E-state index in [0.29, 0.717) is 41.1 Å². The molecule has 2 aromatic rings. The summed E-state index contributed by atoms with van der Waals surface area (Å²) in [5.74, 6) is -0.529. The molecule has 126 valence electrons. The van der Waals surface area contributed by atoms with Gasteiger partial charge in [-0.25, -0.2) is 9.78 Å². The number of oxazole rings is 1. The van der Waals surface area contributed by atoms with Crippen LogP contribution in [0.4, 0.5) is 0 Å². The highest BCUT2D eigenvalue weighted by Gasteiger charge is 2.37. The molecule has 2 heterocycles. The Morgan fingerprint density at radius 3 is 2.71 bits per heavy atom. The maximum Gasteiger partial charge on any atom is 0.340 e. The lowest BCUT2D eigenvalue weighted by Crippen LogP contribution is -2.30. The van der Waals surface area contributed by atoms with Crippen molar-refractivity contribution in [3.63, 3.8) is 0 Å². The molecular weight excluding hydrogens is 308 g/mol. The van der Waals surface area contributed by atoms with E-state index in [1.54, 1.807) is 13.8 Å². The van der Waals surface area contributed by atoms with Crippen molar-refractivity contribution in [1.82, 2.24) is 9.97 Å². The molecule has 1 aliphatic rings. The van der Waals surface area contributed by atoms with Gasteiger partial charge in [-0.05, 0) is 25.7 Å². The second-order valence-corrected chi connectivity index (χ2v) is 6.80. The van der Waals surface area contributed by atoms with Crippen molar-refractivity contribution in [3.8, 4) is 11.3 Å². The lowest BCUT2D eigenvalue weighted by atomic mass is 9.73. The molecule has 6 nitrogen and oxygen atoms in total. The van der Waals surface area contributed by atoms with E-state index in [9.17, 15) is 9.59 Å². The van der Waals surface area contributed by atoms with Gasteiger partial charge in [0, 0.05) is 17.5 Å². The molecule has 0 radical (unpaired) electrons. The van der Waals surface area contributed by atoms with Gasteiger partial charge >= 0.3 is 5.97 Å². The van der Waals surface area contributed by atoms with E-state index in [0.717, 1.165) is 0 Å². The number of esters is 1. The standard InChI is InChI=1S/C18H20N2O4/c1-5-24-17(22)14-10(2)20-11-6-18(3,4)7-13(21)15(11)16(14)12-8-23-9-19-12/h8-9H,5-7H2,1-4H3. The number of Topliss-reactive ketones (excluding diaryl/α,β-unsaturated/α-hetero) is 1. The Balaban J connectivity index is 2.32. The molecule has 0 fully saturated rings. The van der Waals surface area contributed by atoms with Crippen molar-refractivity contribution in [2.24, 2.45) is 5.41 Å². The van der Waals surface area contributed by atoms with Gasteiger partial charge in [-0.15, -0.1) is 0 Å². The van der Waals surface area contributed by atoms with E-state index in [-0.39, 0.29) is 23.4 Å². The van der Waals surface area contributed by atoms with Crippen molar-refractivity contribution >= 4 is 11.8 Å². The van der Waals surface area contributed by atoms with Crippen molar-refractivity contribution in [1.29, 1.82) is 0 Å². The molecule has 3 rings (SSSR count). The summed E-state index contributed by atoms with van der Waals surface area (Å²) in [4.78, 5) is 34.0. The fourth-order valence-corrected chi connectivity index (χ4v) is 3.28. The van der Waals surface area contributed by atoms with Gasteiger partial charge in [0.1, 0.15) is 12.0 Å². The molecule has 0 atom stereocenters. The number of aryl methyl sites for hydroxylation is 1. The van der Waals surface area contributed by atoms with Gasteiger partial charge in [0.15, 0.2) is 12.2 Å². The van der Waals surface area contributed by atoms with E-state index < -0.39 is 5.97 Å². The van der Waals surface area contributed by atoms with Gasteiger partial charge in [0.2, 0.25) is 0 Å². The van der Waals surface area contributed by atoms with Crippen molar-refractivity contribution in [2.45, 2.75) is 40.5 Å². The number of nitrogens with zero attached hydrogens (tertiary/aromatic N) is 2. The van der Waals surface area contributed by atoms with Crippen LogP contribution in [0, 0.1) is 12.3 Å². The van der Waals surface area contributed by atoms with E-state index in [1.807, 2.05) is 13.8 Å². The first-order valence-corrected chi connectivity index (χ1v) is 7.96. The summed E-state index contributed by atoms with van der Waals surface area (Å²) < 4.78 is 10.2. The number of pyridine rings is 1. The Hall–Kier alpha value is -2.50. The minimum atomic E-state index is -0.499. The predicted molar refractivity (Wildman–Crippen MR) is 86.9 cm³/mol. The summed E-state index contributed by atoms with van der Waals surface area (Å²) >= 11 is 0. The molecule has 6 heteroatoms. The van der Waals surface area contributed by atoms with Gasteiger partial charge in [-0.2, -0.15) is 0 Å². The van der Waals surface area contributed by atoms with Crippen LogP contribution < -0.4 is 0 Å². The molecule has 2 aromatic heterocycles. The van der Waals surface area contributed by atoms with Crippen LogP contribution in [-0.2, 0) is 11.2 Å². The van der Waals surface area contributed by atoms with Crippen molar-refractivity contribution in [2.75, 3.05) is 6.61 Å². The van der Waals surface area contributed by atoms with E-state index in [4.69, 9.17) is 9.15 Å². The zero-order chi connectivity index (χ0) is 17.5. The van der Waals surface area contributed by atoms with Crippen molar-refractivity contribution in [3.05, 3.63) is 35.2 Å². The van der Waals surface area contributed by atoms with Crippen LogP contribution in [0.5, 0.6) is 0 Å². The van der Waals surface area contributed by atoms with E-state index in [1.165, 1.54) is 12.7 Å². The fourth-order valence-electron chi connectivity index (χ4n) is 3.28. The smallest absolute Gasteiger partial charge is 0.340 e. The topological polar surface area (TPSA) is 82.3 Å². The lowest BCUT2D eigenvalue weighted by molar-refractivity contribution is 0.0526. The highest BCUT2D eigenvalue weighted by Crippen LogP contribution is 2.40. The van der Waals surface area contributed by atoms with Crippen LogP contribution in [0.3, 0.4) is 0 Å². The summed E-state index contributed by atoms with van der Waals surface area (Å²) in [6, 6.07) is 0. The molecule has 0 saturated heterocycles. The molecule has 0 spiro atoms. The SMILES string of the molecule is CCOC(=O)c1c(C)nc2c(c1-c1cocn1)C(=O)CC(C)(C)C2.